The highest BCUT2D eigenvalue weighted by Crippen LogP contribution is 2.30. The Morgan fingerprint density at radius 1 is 1.25 bits per heavy atom. The van der Waals surface area contributed by atoms with E-state index in [1.807, 2.05) is 24.3 Å². The minimum absolute atomic E-state index is 0.00408. The van der Waals surface area contributed by atoms with Crippen molar-refractivity contribution in [1.29, 1.82) is 0 Å². The maximum Gasteiger partial charge on any atom is 0.226 e. The smallest absolute Gasteiger partial charge is 0.226 e. The molecule has 0 saturated carbocycles. The van der Waals surface area contributed by atoms with Crippen molar-refractivity contribution in [2.45, 2.75) is 25.2 Å². The molecule has 1 aromatic carbocycles. The Morgan fingerprint density at radius 2 is 2.08 bits per heavy atom. The fourth-order valence-electron chi connectivity index (χ4n) is 3.69. The van der Waals surface area contributed by atoms with E-state index in [2.05, 4.69) is 4.98 Å². The van der Waals surface area contributed by atoms with Crippen LogP contribution in [0.25, 0.3) is 11.1 Å². The number of rotatable bonds is 2. The van der Waals surface area contributed by atoms with Gasteiger partial charge in [-0.05, 0) is 31.4 Å². The number of carbonyl (C=O) groups is 1. The summed E-state index contributed by atoms with van der Waals surface area (Å²) in [4.78, 5) is 19.0. The number of fused-ring (bicyclic) bond motifs is 1. The second kappa shape index (κ2) is 5.88. The molecule has 1 aromatic heterocycles. The molecule has 1 amide bonds. The van der Waals surface area contributed by atoms with Gasteiger partial charge in [-0.3, -0.25) is 4.79 Å². The summed E-state index contributed by atoms with van der Waals surface area (Å²) in [6, 6.07) is 7.64. The number of hydrogen-bond acceptors (Lipinski definition) is 5. The van der Waals surface area contributed by atoms with Gasteiger partial charge in [-0.2, -0.15) is 0 Å². The van der Waals surface area contributed by atoms with Gasteiger partial charge in [0.25, 0.3) is 0 Å². The predicted octanol–water partition coefficient (Wildman–Crippen LogP) is 1.97. The maximum atomic E-state index is 12.6. The maximum absolute atomic E-state index is 12.6. The van der Waals surface area contributed by atoms with Crippen molar-refractivity contribution in [2.75, 3.05) is 24.6 Å². The van der Waals surface area contributed by atoms with E-state index in [-0.39, 0.29) is 29.2 Å². The van der Waals surface area contributed by atoms with Crippen LogP contribution < -0.4 is 0 Å². The highest BCUT2D eigenvalue weighted by Gasteiger charge is 2.37. The SMILES string of the molecule is O=C([C@H]1CCS(=O)(=O)C1)N1CCC[C@H](c2nc3ccccc3o2)C1. The number of carbonyl (C=O) groups excluding carboxylic acids is 1. The van der Waals surface area contributed by atoms with Gasteiger partial charge in [-0.15, -0.1) is 0 Å². The molecule has 0 unspecified atom stereocenters. The predicted molar refractivity (Wildman–Crippen MR) is 89.3 cm³/mol. The molecule has 128 valence electrons. The van der Waals surface area contributed by atoms with Crippen molar-refractivity contribution in [1.82, 2.24) is 9.88 Å². The number of hydrogen-bond donors (Lipinski definition) is 0. The van der Waals surface area contributed by atoms with Crippen LogP contribution in [0, 0.1) is 5.92 Å². The highest BCUT2D eigenvalue weighted by molar-refractivity contribution is 7.91. The molecule has 7 heteroatoms. The van der Waals surface area contributed by atoms with Gasteiger partial charge in [0.15, 0.2) is 21.3 Å². The van der Waals surface area contributed by atoms with Crippen LogP contribution in [0.2, 0.25) is 0 Å². The van der Waals surface area contributed by atoms with E-state index in [0.717, 1.165) is 23.9 Å². The van der Waals surface area contributed by atoms with Crippen molar-refractivity contribution in [3.63, 3.8) is 0 Å². The van der Waals surface area contributed by atoms with E-state index in [1.54, 1.807) is 4.90 Å². The fourth-order valence-corrected chi connectivity index (χ4v) is 5.42. The van der Waals surface area contributed by atoms with Crippen molar-refractivity contribution in [3.8, 4) is 0 Å². The number of amides is 1. The first-order valence-electron chi connectivity index (χ1n) is 8.36. The van der Waals surface area contributed by atoms with Gasteiger partial charge in [0.1, 0.15) is 5.52 Å². The number of aromatic nitrogens is 1. The third-order valence-electron chi connectivity index (χ3n) is 4.97. The van der Waals surface area contributed by atoms with Crippen LogP contribution in [0.15, 0.2) is 28.7 Å². The number of oxazole rings is 1. The molecular formula is C17H20N2O4S. The highest BCUT2D eigenvalue weighted by atomic mass is 32.2. The zero-order valence-corrected chi connectivity index (χ0v) is 14.2. The Hall–Kier alpha value is -1.89. The number of benzene rings is 1. The first kappa shape index (κ1) is 15.6. The van der Waals surface area contributed by atoms with Crippen LogP contribution in [-0.2, 0) is 14.6 Å². The molecule has 0 bridgehead atoms. The number of nitrogens with zero attached hydrogens (tertiary/aromatic N) is 2. The normalized spacial score (nSPS) is 26.8. The summed E-state index contributed by atoms with van der Waals surface area (Å²) in [6.07, 6.45) is 2.26. The monoisotopic (exact) mass is 348 g/mol. The van der Waals surface area contributed by atoms with Crippen molar-refractivity contribution in [2.24, 2.45) is 5.92 Å². The second-order valence-corrected chi connectivity index (χ2v) is 8.97. The molecule has 3 heterocycles. The van der Waals surface area contributed by atoms with Gasteiger partial charge in [-0.25, -0.2) is 13.4 Å². The Bertz CT molecular complexity index is 841. The van der Waals surface area contributed by atoms with Crippen LogP contribution in [0.4, 0.5) is 0 Å². The minimum atomic E-state index is -3.04. The number of likely N-dealkylation sites (tertiary alicyclic amines) is 1. The summed E-state index contributed by atoms with van der Waals surface area (Å²) in [5.74, 6) is 0.469. The first-order valence-corrected chi connectivity index (χ1v) is 10.2. The van der Waals surface area contributed by atoms with Gasteiger partial charge in [0.05, 0.1) is 23.3 Å². The standard InChI is InChI=1S/C17H20N2O4S/c20-17(13-7-9-24(21,22)11-13)19-8-3-4-12(10-19)16-18-14-5-1-2-6-15(14)23-16/h1-2,5-6,12-13H,3-4,7-11H2/t12-,13-/m0/s1. The Morgan fingerprint density at radius 3 is 2.83 bits per heavy atom. The molecule has 2 atom stereocenters. The zero-order chi connectivity index (χ0) is 16.7. The molecule has 24 heavy (non-hydrogen) atoms. The quantitative estimate of drug-likeness (QED) is 0.829. The number of para-hydroxylation sites is 2. The molecule has 0 aliphatic carbocycles. The van der Waals surface area contributed by atoms with E-state index in [1.165, 1.54) is 0 Å². The molecule has 2 aromatic rings. The average Bonchev–Trinajstić information content (AvgIpc) is 3.17. The third kappa shape index (κ3) is 2.92. The van der Waals surface area contributed by atoms with E-state index >= 15 is 0 Å². The molecule has 4 rings (SSSR count). The molecule has 2 saturated heterocycles. The van der Waals surface area contributed by atoms with Crippen molar-refractivity contribution in [3.05, 3.63) is 30.2 Å². The average molecular weight is 348 g/mol. The fraction of sp³-hybridized carbons (Fsp3) is 0.529. The second-order valence-electron chi connectivity index (χ2n) is 6.74. The van der Waals surface area contributed by atoms with E-state index < -0.39 is 9.84 Å². The van der Waals surface area contributed by atoms with Gasteiger partial charge in [-0.1, -0.05) is 12.1 Å². The lowest BCUT2D eigenvalue weighted by Gasteiger charge is -2.32. The van der Waals surface area contributed by atoms with Crippen LogP contribution in [0.3, 0.4) is 0 Å². The summed E-state index contributed by atoms with van der Waals surface area (Å²) in [5.41, 5.74) is 1.59. The van der Waals surface area contributed by atoms with Crippen LogP contribution >= 0.6 is 0 Å². The largest absolute Gasteiger partial charge is 0.440 e. The molecule has 2 aliphatic heterocycles. The van der Waals surface area contributed by atoms with Crippen LogP contribution in [-0.4, -0.2) is 48.8 Å². The molecule has 0 spiro atoms. The van der Waals surface area contributed by atoms with Gasteiger partial charge in [0.2, 0.25) is 5.91 Å². The molecule has 6 nitrogen and oxygen atoms in total. The topological polar surface area (TPSA) is 80.5 Å². The van der Waals surface area contributed by atoms with Gasteiger partial charge < -0.3 is 9.32 Å². The lowest BCUT2D eigenvalue weighted by atomic mass is 9.96. The molecule has 2 fully saturated rings. The van der Waals surface area contributed by atoms with E-state index in [4.69, 9.17) is 4.42 Å². The van der Waals surface area contributed by atoms with Gasteiger partial charge >= 0.3 is 0 Å². The zero-order valence-electron chi connectivity index (χ0n) is 13.3. The Kier molecular flexibility index (Phi) is 3.83. The Balaban J connectivity index is 1.50. The van der Waals surface area contributed by atoms with E-state index in [0.29, 0.717) is 25.4 Å². The number of piperidine rings is 1. The molecule has 2 aliphatic rings. The lowest BCUT2D eigenvalue weighted by Crippen LogP contribution is -2.42. The van der Waals surface area contributed by atoms with E-state index in [9.17, 15) is 13.2 Å². The Labute approximate surface area is 140 Å². The minimum Gasteiger partial charge on any atom is -0.440 e. The van der Waals surface area contributed by atoms with Crippen LogP contribution in [0.1, 0.15) is 31.1 Å². The third-order valence-corrected chi connectivity index (χ3v) is 6.74. The van der Waals surface area contributed by atoms with Crippen LogP contribution in [0.5, 0.6) is 0 Å². The molecule has 0 radical (unpaired) electrons. The summed E-state index contributed by atoms with van der Waals surface area (Å²) in [6.45, 7) is 1.24. The molecule has 0 N–H and O–H groups in total. The summed E-state index contributed by atoms with van der Waals surface area (Å²) in [7, 11) is -3.04. The summed E-state index contributed by atoms with van der Waals surface area (Å²) >= 11 is 0. The van der Waals surface area contributed by atoms with Crippen molar-refractivity contribution >= 4 is 26.8 Å². The van der Waals surface area contributed by atoms with Crippen molar-refractivity contribution < 1.29 is 17.6 Å². The molecular weight excluding hydrogens is 328 g/mol. The summed E-state index contributed by atoms with van der Waals surface area (Å²) < 4.78 is 29.1. The first-order chi connectivity index (χ1) is 11.5. The lowest BCUT2D eigenvalue weighted by molar-refractivity contribution is -0.136. The summed E-state index contributed by atoms with van der Waals surface area (Å²) in [5, 5.41) is 0. The van der Waals surface area contributed by atoms with Gasteiger partial charge in [0, 0.05) is 13.1 Å². The number of sulfone groups is 1.